The zero-order chi connectivity index (χ0) is 26.3. The number of fused-ring (bicyclic) bond motifs is 1. The van der Waals surface area contributed by atoms with E-state index in [2.05, 4.69) is 20.3 Å². The first-order valence-electron chi connectivity index (χ1n) is 11.8. The Hall–Kier alpha value is -4.41. The molecule has 190 valence electrons. The van der Waals surface area contributed by atoms with Gasteiger partial charge in [0.05, 0.1) is 29.9 Å². The molecule has 1 atom stereocenters. The molecule has 1 fully saturated rings. The fourth-order valence-electron chi connectivity index (χ4n) is 4.39. The quantitative estimate of drug-likeness (QED) is 0.303. The van der Waals surface area contributed by atoms with Crippen molar-refractivity contribution in [2.45, 2.75) is 38.3 Å². The summed E-state index contributed by atoms with van der Waals surface area (Å²) in [6.07, 6.45) is 3.34. The lowest BCUT2D eigenvalue weighted by Gasteiger charge is -2.23. The summed E-state index contributed by atoms with van der Waals surface area (Å²) in [5, 5.41) is 12.0. The molecule has 2 heterocycles. The molecule has 9 nitrogen and oxygen atoms in total. The molecule has 1 saturated carbocycles. The van der Waals surface area contributed by atoms with E-state index in [1.54, 1.807) is 16.7 Å². The van der Waals surface area contributed by atoms with Crippen LogP contribution in [-0.2, 0) is 0 Å². The van der Waals surface area contributed by atoms with Gasteiger partial charge in [0.1, 0.15) is 35.0 Å². The SMILES string of the molecule is CCC(Nc1ncnc(N)c1C(=N)c1ccc(OC)c(F)c1)c1nc2cccc(F)c2c(=O)n1C1CC1. The Kier molecular flexibility index (Phi) is 6.28. The van der Waals surface area contributed by atoms with E-state index in [9.17, 15) is 13.6 Å². The summed E-state index contributed by atoms with van der Waals surface area (Å²) in [6.45, 7) is 1.91. The molecule has 2 aromatic heterocycles. The predicted molar refractivity (Wildman–Crippen MR) is 136 cm³/mol. The van der Waals surface area contributed by atoms with E-state index in [1.165, 1.54) is 37.7 Å². The molecule has 0 spiro atoms. The molecule has 0 bridgehead atoms. The number of nitrogen functional groups attached to an aromatic ring is 1. The standard InChI is InChI=1S/C26H25F2N7O2/c1-3-17(25-34-18-6-4-5-15(27)20(18)26(36)35(25)14-8-9-14)33-24-21(23(30)31-12-32-24)22(29)13-7-10-19(37-2)16(28)11-13/h4-7,10-12,14,17,29H,3,8-9H2,1-2H3,(H3,30,31,32,33). The number of hydrogen-bond donors (Lipinski definition) is 3. The molecule has 0 amide bonds. The lowest BCUT2D eigenvalue weighted by atomic mass is 10.0. The molecule has 0 radical (unpaired) electrons. The summed E-state index contributed by atoms with van der Waals surface area (Å²) in [4.78, 5) is 26.4. The van der Waals surface area contributed by atoms with Crippen LogP contribution >= 0.6 is 0 Å². The van der Waals surface area contributed by atoms with Crippen LogP contribution in [0.1, 0.15) is 55.2 Å². The van der Waals surface area contributed by atoms with E-state index < -0.39 is 23.2 Å². The number of halogens is 2. The minimum absolute atomic E-state index is 0.0294. The summed E-state index contributed by atoms with van der Waals surface area (Å²) in [7, 11) is 1.36. The maximum Gasteiger partial charge on any atom is 0.264 e. The first kappa shape index (κ1) is 24.3. The highest BCUT2D eigenvalue weighted by Gasteiger charge is 2.32. The Morgan fingerprint density at radius 2 is 2.03 bits per heavy atom. The first-order valence-corrected chi connectivity index (χ1v) is 11.8. The summed E-state index contributed by atoms with van der Waals surface area (Å²) in [5.74, 6) is -0.475. The number of ether oxygens (including phenoxy) is 1. The van der Waals surface area contributed by atoms with E-state index in [-0.39, 0.29) is 51.2 Å². The van der Waals surface area contributed by atoms with Gasteiger partial charge in [-0.25, -0.2) is 23.7 Å². The highest BCUT2D eigenvalue weighted by atomic mass is 19.1. The van der Waals surface area contributed by atoms with E-state index in [0.717, 1.165) is 12.8 Å². The predicted octanol–water partition coefficient (Wildman–Crippen LogP) is 4.37. The number of methoxy groups -OCH3 is 1. The molecule has 0 saturated heterocycles. The van der Waals surface area contributed by atoms with Gasteiger partial charge in [0, 0.05) is 11.6 Å². The van der Waals surface area contributed by atoms with Gasteiger partial charge in [0.2, 0.25) is 0 Å². The van der Waals surface area contributed by atoms with E-state index in [4.69, 9.17) is 15.9 Å². The molecular weight excluding hydrogens is 480 g/mol. The van der Waals surface area contributed by atoms with Gasteiger partial charge in [0.25, 0.3) is 5.56 Å². The van der Waals surface area contributed by atoms with Gasteiger partial charge in [-0.3, -0.25) is 14.8 Å². The second-order valence-corrected chi connectivity index (χ2v) is 8.82. The summed E-state index contributed by atoms with van der Waals surface area (Å²) < 4.78 is 35.4. The van der Waals surface area contributed by atoms with Gasteiger partial charge in [-0.2, -0.15) is 0 Å². The topological polar surface area (TPSA) is 132 Å². The van der Waals surface area contributed by atoms with E-state index in [0.29, 0.717) is 12.2 Å². The number of hydrogen-bond acceptors (Lipinski definition) is 8. The average molecular weight is 506 g/mol. The molecule has 1 aliphatic rings. The Morgan fingerprint density at radius 1 is 1.24 bits per heavy atom. The summed E-state index contributed by atoms with van der Waals surface area (Å²) >= 11 is 0. The van der Waals surface area contributed by atoms with Crippen molar-refractivity contribution in [1.29, 1.82) is 5.41 Å². The molecule has 4 N–H and O–H groups in total. The number of nitrogens with two attached hydrogens (primary N) is 1. The number of nitrogens with zero attached hydrogens (tertiary/aromatic N) is 4. The zero-order valence-electron chi connectivity index (χ0n) is 20.3. The molecule has 4 aromatic rings. The fourth-order valence-corrected chi connectivity index (χ4v) is 4.39. The number of benzene rings is 2. The Morgan fingerprint density at radius 3 is 2.70 bits per heavy atom. The summed E-state index contributed by atoms with van der Waals surface area (Å²) in [5.41, 5.74) is 6.33. The van der Waals surface area contributed by atoms with Crippen LogP contribution in [0.3, 0.4) is 0 Å². The second-order valence-electron chi connectivity index (χ2n) is 8.82. The minimum atomic E-state index is -0.623. The molecule has 0 aliphatic heterocycles. The van der Waals surface area contributed by atoms with Crippen molar-refractivity contribution in [3.63, 3.8) is 0 Å². The van der Waals surface area contributed by atoms with Gasteiger partial charge in [-0.15, -0.1) is 0 Å². The van der Waals surface area contributed by atoms with Crippen LogP contribution in [-0.4, -0.2) is 32.3 Å². The zero-order valence-corrected chi connectivity index (χ0v) is 20.3. The maximum absolute atomic E-state index is 14.5. The largest absolute Gasteiger partial charge is 0.494 e. The third-order valence-electron chi connectivity index (χ3n) is 6.42. The van der Waals surface area contributed by atoms with Gasteiger partial charge >= 0.3 is 0 Å². The Labute approximate surface area is 210 Å². The van der Waals surface area contributed by atoms with Crippen LogP contribution in [0, 0.1) is 17.0 Å². The van der Waals surface area contributed by atoms with Crippen molar-refractivity contribution in [2.24, 2.45) is 0 Å². The minimum Gasteiger partial charge on any atom is -0.494 e. The van der Waals surface area contributed by atoms with Crippen molar-refractivity contribution in [3.05, 3.63) is 81.7 Å². The Balaban J connectivity index is 1.59. The van der Waals surface area contributed by atoms with Crippen molar-refractivity contribution in [1.82, 2.24) is 19.5 Å². The van der Waals surface area contributed by atoms with Crippen LogP contribution in [0.2, 0.25) is 0 Å². The number of rotatable bonds is 8. The van der Waals surface area contributed by atoms with Gasteiger partial charge < -0.3 is 15.8 Å². The van der Waals surface area contributed by atoms with Crippen molar-refractivity contribution in [2.75, 3.05) is 18.2 Å². The third-order valence-corrected chi connectivity index (χ3v) is 6.42. The van der Waals surface area contributed by atoms with E-state index >= 15 is 0 Å². The maximum atomic E-state index is 14.5. The Bertz CT molecular complexity index is 1580. The number of nitrogens with one attached hydrogen (secondary N) is 2. The third kappa shape index (κ3) is 4.37. The van der Waals surface area contributed by atoms with Gasteiger partial charge in [-0.1, -0.05) is 13.0 Å². The lowest BCUT2D eigenvalue weighted by Crippen LogP contribution is -2.29. The highest BCUT2D eigenvalue weighted by Crippen LogP contribution is 2.37. The smallest absolute Gasteiger partial charge is 0.264 e. The lowest BCUT2D eigenvalue weighted by molar-refractivity contribution is 0.386. The summed E-state index contributed by atoms with van der Waals surface area (Å²) in [6, 6.07) is 7.94. The molecule has 1 unspecified atom stereocenters. The molecule has 2 aromatic carbocycles. The molecular formula is C26H25F2N7O2. The van der Waals surface area contributed by atoms with Crippen LogP contribution in [0.25, 0.3) is 10.9 Å². The second kappa shape index (κ2) is 9.57. The average Bonchev–Trinajstić information content (AvgIpc) is 3.72. The van der Waals surface area contributed by atoms with Crippen LogP contribution in [0.4, 0.5) is 20.4 Å². The first-order chi connectivity index (χ1) is 17.8. The number of anilines is 2. The van der Waals surface area contributed by atoms with Crippen molar-refractivity contribution < 1.29 is 13.5 Å². The van der Waals surface area contributed by atoms with Crippen molar-refractivity contribution >= 4 is 28.3 Å². The molecule has 1 aliphatic carbocycles. The highest BCUT2D eigenvalue weighted by molar-refractivity contribution is 6.16. The number of aromatic nitrogens is 4. The molecule has 5 rings (SSSR count). The van der Waals surface area contributed by atoms with Crippen LogP contribution in [0.15, 0.2) is 47.5 Å². The van der Waals surface area contributed by atoms with Crippen molar-refractivity contribution in [3.8, 4) is 5.75 Å². The normalized spacial score (nSPS) is 13.9. The van der Waals surface area contributed by atoms with Crippen LogP contribution < -0.4 is 21.3 Å². The van der Waals surface area contributed by atoms with E-state index in [1.807, 2.05) is 6.92 Å². The molecule has 37 heavy (non-hydrogen) atoms. The van der Waals surface area contributed by atoms with Gasteiger partial charge in [0.15, 0.2) is 11.6 Å². The van der Waals surface area contributed by atoms with Gasteiger partial charge in [-0.05, 0) is 49.6 Å². The molecule has 11 heteroatoms. The van der Waals surface area contributed by atoms with Crippen LogP contribution in [0.5, 0.6) is 5.75 Å². The fraction of sp³-hybridized carbons (Fsp3) is 0.269. The monoisotopic (exact) mass is 505 g/mol.